The van der Waals surface area contributed by atoms with Crippen LogP contribution in [-0.4, -0.2) is 41.7 Å². The topological polar surface area (TPSA) is 77.7 Å². The van der Waals surface area contributed by atoms with E-state index in [1.165, 1.54) is 5.56 Å². The second kappa shape index (κ2) is 9.64. The van der Waals surface area contributed by atoms with E-state index in [9.17, 15) is 4.79 Å². The van der Waals surface area contributed by atoms with Gasteiger partial charge in [-0.1, -0.05) is 35.5 Å². The third-order valence-electron chi connectivity index (χ3n) is 5.64. The van der Waals surface area contributed by atoms with Crippen LogP contribution in [0.1, 0.15) is 43.2 Å². The van der Waals surface area contributed by atoms with E-state index in [4.69, 9.17) is 14.0 Å². The van der Waals surface area contributed by atoms with Crippen LogP contribution in [0, 0.1) is 0 Å². The van der Waals surface area contributed by atoms with E-state index in [2.05, 4.69) is 22.3 Å². The molecule has 0 saturated carbocycles. The molecule has 0 unspecified atom stereocenters. The van der Waals surface area contributed by atoms with Crippen molar-refractivity contribution in [1.82, 2.24) is 15.0 Å². The van der Waals surface area contributed by atoms with Crippen molar-refractivity contribution in [1.29, 1.82) is 0 Å². The van der Waals surface area contributed by atoms with Crippen molar-refractivity contribution >= 4 is 5.91 Å². The van der Waals surface area contributed by atoms with Crippen LogP contribution in [-0.2, 0) is 11.2 Å². The van der Waals surface area contributed by atoms with Gasteiger partial charge in [-0.05, 0) is 49.4 Å². The number of ether oxygens (including phenoxy) is 2. The highest BCUT2D eigenvalue weighted by Gasteiger charge is 2.33. The Hall–Kier alpha value is -3.35. The molecule has 3 aromatic rings. The zero-order valence-electron chi connectivity index (χ0n) is 17.9. The van der Waals surface area contributed by atoms with E-state index in [1.54, 1.807) is 14.2 Å². The molecule has 162 valence electrons. The fourth-order valence-corrected chi connectivity index (χ4v) is 4.02. The highest BCUT2D eigenvalue weighted by atomic mass is 16.5. The highest BCUT2D eigenvalue weighted by molar-refractivity contribution is 5.77. The van der Waals surface area contributed by atoms with Crippen LogP contribution in [0.4, 0.5) is 0 Å². The van der Waals surface area contributed by atoms with Crippen molar-refractivity contribution in [3.8, 4) is 22.9 Å². The minimum Gasteiger partial charge on any atom is -0.493 e. The number of amides is 1. The number of hydrogen-bond acceptors (Lipinski definition) is 6. The molecule has 31 heavy (non-hydrogen) atoms. The smallest absolute Gasteiger partial charge is 0.249 e. The van der Waals surface area contributed by atoms with Crippen molar-refractivity contribution in [3.63, 3.8) is 0 Å². The molecule has 7 heteroatoms. The van der Waals surface area contributed by atoms with E-state index < -0.39 is 0 Å². The maximum atomic E-state index is 12.9. The molecule has 1 aromatic heterocycles. The number of carbonyl (C=O) groups excluding carboxylic acids is 1. The number of hydrogen-bond donors (Lipinski definition) is 0. The van der Waals surface area contributed by atoms with Crippen LogP contribution in [0.5, 0.6) is 11.5 Å². The van der Waals surface area contributed by atoms with E-state index in [0.717, 1.165) is 37.8 Å². The maximum Gasteiger partial charge on any atom is 0.249 e. The summed E-state index contributed by atoms with van der Waals surface area (Å²) in [6.07, 6.45) is 4.01. The number of nitrogens with zero attached hydrogens (tertiary/aromatic N) is 3. The van der Waals surface area contributed by atoms with Gasteiger partial charge in [-0.25, -0.2) is 0 Å². The van der Waals surface area contributed by atoms with Gasteiger partial charge in [-0.15, -0.1) is 0 Å². The zero-order valence-corrected chi connectivity index (χ0v) is 17.9. The number of aryl methyl sites for hydroxylation is 1. The maximum absolute atomic E-state index is 12.9. The molecule has 1 aliphatic heterocycles. The van der Waals surface area contributed by atoms with Crippen LogP contribution >= 0.6 is 0 Å². The molecule has 1 saturated heterocycles. The summed E-state index contributed by atoms with van der Waals surface area (Å²) in [7, 11) is 3.18. The van der Waals surface area contributed by atoms with Gasteiger partial charge in [0.15, 0.2) is 11.5 Å². The minimum atomic E-state index is -0.161. The molecule has 0 radical (unpaired) electrons. The standard InChI is InChI=1S/C24H27N3O4/c1-29-20-14-13-18(16-21(20)30-2)23-25-24(31-26-23)19-11-7-15-27(19)22(28)12-6-10-17-8-4-3-5-9-17/h3-5,8-9,13-14,16,19H,6-7,10-12,15H2,1-2H3/t19-/m0/s1. The first-order valence-electron chi connectivity index (χ1n) is 10.6. The molecule has 0 aliphatic carbocycles. The number of rotatable bonds is 8. The Morgan fingerprint density at radius 3 is 2.71 bits per heavy atom. The molecular weight excluding hydrogens is 394 g/mol. The second-order valence-electron chi connectivity index (χ2n) is 7.61. The molecule has 0 bridgehead atoms. The molecule has 7 nitrogen and oxygen atoms in total. The van der Waals surface area contributed by atoms with Gasteiger partial charge in [-0.3, -0.25) is 4.79 Å². The lowest BCUT2D eigenvalue weighted by atomic mass is 10.1. The molecule has 4 rings (SSSR count). The second-order valence-corrected chi connectivity index (χ2v) is 7.61. The lowest BCUT2D eigenvalue weighted by Crippen LogP contribution is -2.30. The van der Waals surface area contributed by atoms with Gasteiger partial charge in [0.05, 0.1) is 14.2 Å². The predicted octanol–water partition coefficient (Wildman–Crippen LogP) is 4.44. The summed E-state index contributed by atoms with van der Waals surface area (Å²) in [6, 6.07) is 15.6. The largest absolute Gasteiger partial charge is 0.493 e. The summed E-state index contributed by atoms with van der Waals surface area (Å²) in [5, 5.41) is 4.14. The van der Waals surface area contributed by atoms with Gasteiger partial charge in [0.25, 0.3) is 0 Å². The number of carbonyl (C=O) groups is 1. The van der Waals surface area contributed by atoms with Crippen LogP contribution in [0.25, 0.3) is 11.4 Å². The van der Waals surface area contributed by atoms with Crippen molar-refractivity contribution in [2.75, 3.05) is 20.8 Å². The van der Waals surface area contributed by atoms with Gasteiger partial charge in [0, 0.05) is 18.5 Å². The molecule has 1 atom stereocenters. The minimum absolute atomic E-state index is 0.143. The van der Waals surface area contributed by atoms with Gasteiger partial charge in [-0.2, -0.15) is 4.98 Å². The SMILES string of the molecule is COc1ccc(-c2noc([C@@H]3CCCN3C(=O)CCCc3ccccc3)n2)cc1OC. The molecule has 0 N–H and O–H groups in total. The van der Waals surface area contributed by atoms with E-state index in [-0.39, 0.29) is 11.9 Å². The van der Waals surface area contributed by atoms with Crippen molar-refractivity contribution in [2.45, 2.75) is 38.1 Å². The Kier molecular flexibility index (Phi) is 6.50. The molecule has 1 aliphatic rings. The number of aromatic nitrogens is 2. The monoisotopic (exact) mass is 421 g/mol. The van der Waals surface area contributed by atoms with Crippen LogP contribution < -0.4 is 9.47 Å². The summed E-state index contributed by atoms with van der Waals surface area (Å²) in [4.78, 5) is 19.3. The summed E-state index contributed by atoms with van der Waals surface area (Å²) in [6.45, 7) is 0.725. The first-order chi connectivity index (χ1) is 15.2. The summed E-state index contributed by atoms with van der Waals surface area (Å²) in [5.41, 5.74) is 2.02. The molecular formula is C24H27N3O4. The molecule has 2 heterocycles. The van der Waals surface area contributed by atoms with E-state index in [1.807, 2.05) is 41.3 Å². The molecule has 1 amide bonds. The van der Waals surface area contributed by atoms with Crippen molar-refractivity contribution in [2.24, 2.45) is 0 Å². The Labute approximate surface area is 182 Å². The van der Waals surface area contributed by atoms with Crippen molar-refractivity contribution in [3.05, 3.63) is 60.0 Å². The fourth-order valence-electron chi connectivity index (χ4n) is 4.02. The first kappa shape index (κ1) is 20.9. The van der Waals surface area contributed by atoms with Gasteiger partial charge in [0.1, 0.15) is 6.04 Å². The lowest BCUT2D eigenvalue weighted by Gasteiger charge is -2.21. The summed E-state index contributed by atoms with van der Waals surface area (Å²) < 4.78 is 16.2. The van der Waals surface area contributed by atoms with Gasteiger partial charge >= 0.3 is 0 Å². The first-order valence-corrected chi connectivity index (χ1v) is 10.6. The number of likely N-dealkylation sites (tertiary alicyclic amines) is 1. The predicted molar refractivity (Wildman–Crippen MR) is 116 cm³/mol. The lowest BCUT2D eigenvalue weighted by molar-refractivity contribution is -0.132. The molecule has 1 fully saturated rings. The Morgan fingerprint density at radius 2 is 1.94 bits per heavy atom. The van der Waals surface area contributed by atoms with Crippen LogP contribution in [0.2, 0.25) is 0 Å². The average molecular weight is 421 g/mol. The number of methoxy groups -OCH3 is 2. The third-order valence-corrected chi connectivity index (χ3v) is 5.64. The highest BCUT2D eigenvalue weighted by Crippen LogP contribution is 2.35. The summed E-state index contributed by atoms with van der Waals surface area (Å²) >= 11 is 0. The molecule has 2 aromatic carbocycles. The fraction of sp³-hybridized carbons (Fsp3) is 0.375. The van der Waals surface area contributed by atoms with E-state index >= 15 is 0 Å². The summed E-state index contributed by atoms with van der Waals surface area (Å²) in [5.74, 6) is 2.34. The van der Waals surface area contributed by atoms with Crippen molar-refractivity contribution < 1.29 is 18.8 Å². The Morgan fingerprint density at radius 1 is 1.13 bits per heavy atom. The normalized spacial score (nSPS) is 15.8. The van der Waals surface area contributed by atoms with Gasteiger partial charge in [0.2, 0.25) is 17.6 Å². The zero-order chi connectivity index (χ0) is 21.6. The van der Waals surface area contributed by atoms with Gasteiger partial charge < -0.3 is 18.9 Å². The van der Waals surface area contributed by atoms with Crippen LogP contribution in [0.15, 0.2) is 53.1 Å². The molecule has 0 spiro atoms. The average Bonchev–Trinajstić information content (AvgIpc) is 3.49. The Balaban J connectivity index is 1.42. The van der Waals surface area contributed by atoms with Crippen LogP contribution in [0.3, 0.4) is 0 Å². The number of benzene rings is 2. The Bertz CT molecular complexity index is 1020. The quantitative estimate of drug-likeness (QED) is 0.535. The third kappa shape index (κ3) is 4.71. The van der Waals surface area contributed by atoms with E-state index in [0.29, 0.717) is 29.6 Å².